The van der Waals surface area contributed by atoms with Crippen molar-refractivity contribution in [3.05, 3.63) is 66.1 Å². The van der Waals surface area contributed by atoms with E-state index >= 15 is 0 Å². The summed E-state index contributed by atoms with van der Waals surface area (Å²) in [6.45, 7) is 0. The quantitative estimate of drug-likeness (QED) is 0.297. The third kappa shape index (κ3) is 3.24. The molecule has 4 aromatic heterocycles. The zero-order valence-electron chi connectivity index (χ0n) is 13.9. The molecular weight excluding hydrogens is 380 g/mol. The highest BCUT2D eigenvalue weighted by atomic mass is 32.2. The molecule has 132 valence electrons. The third-order valence-electron chi connectivity index (χ3n) is 3.85. The van der Waals surface area contributed by atoms with Gasteiger partial charge in [0.25, 0.3) is 0 Å². The van der Waals surface area contributed by atoms with Crippen LogP contribution in [0.3, 0.4) is 0 Å². The van der Waals surface area contributed by atoms with Crippen molar-refractivity contribution in [3.63, 3.8) is 0 Å². The summed E-state index contributed by atoms with van der Waals surface area (Å²) in [6, 6.07) is 15.5. The first kappa shape index (κ1) is 16.2. The van der Waals surface area contributed by atoms with Crippen LogP contribution in [0.5, 0.6) is 0 Å². The number of furan rings is 1. The molecule has 0 amide bonds. The lowest BCUT2D eigenvalue weighted by molar-refractivity contribution is 0.392. The van der Waals surface area contributed by atoms with Gasteiger partial charge in [-0.05, 0) is 29.6 Å². The number of rotatable bonds is 5. The molecule has 5 rings (SSSR count). The lowest BCUT2D eigenvalue weighted by Gasteiger charge is -2.06. The largest absolute Gasteiger partial charge is 0.461 e. The first-order chi connectivity index (χ1) is 13.4. The van der Waals surface area contributed by atoms with Crippen LogP contribution in [-0.4, -0.2) is 20.1 Å². The predicted molar refractivity (Wildman–Crippen MR) is 104 cm³/mol. The van der Waals surface area contributed by atoms with E-state index in [0.29, 0.717) is 29.1 Å². The minimum Gasteiger partial charge on any atom is -0.461 e. The van der Waals surface area contributed by atoms with E-state index in [9.17, 15) is 0 Å². The number of aromatic nitrogens is 4. The molecule has 0 atom stereocenters. The topological polar surface area (TPSA) is 77.8 Å². The Balaban J connectivity index is 1.46. The zero-order chi connectivity index (χ0) is 18.1. The Bertz CT molecular complexity index is 1180. The smallest absolute Gasteiger partial charge is 0.237 e. The summed E-state index contributed by atoms with van der Waals surface area (Å²) < 4.78 is 10.8. The molecule has 1 aromatic carbocycles. The number of para-hydroxylation sites is 1. The number of hydrogen-bond donors (Lipinski definition) is 0. The third-order valence-corrected chi connectivity index (χ3v) is 5.69. The van der Waals surface area contributed by atoms with Gasteiger partial charge in [-0.3, -0.25) is 0 Å². The van der Waals surface area contributed by atoms with Crippen LogP contribution in [0.25, 0.3) is 33.2 Å². The molecule has 0 N–H and O–H groups in total. The summed E-state index contributed by atoms with van der Waals surface area (Å²) in [5, 5.41) is 7.88. The summed E-state index contributed by atoms with van der Waals surface area (Å²) >= 11 is 3.12. The fourth-order valence-electron chi connectivity index (χ4n) is 2.62. The minimum atomic E-state index is 0.525. The van der Waals surface area contributed by atoms with E-state index in [0.717, 1.165) is 20.8 Å². The lowest BCUT2D eigenvalue weighted by Crippen LogP contribution is -1.93. The van der Waals surface area contributed by atoms with Crippen LogP contribution in [-0.2, 0) is 5.75 Å². The SMILES string of the molecule is c1coc(-c2nc(SCc3nc(-c4cccs4)no3)c3ccccc3n2)c1. The van der Waals surface area contributed by atoms with Crippen LogP contribution in [0.2, 0.25) is 0 Å². The van der Waals surface area contributed by atoms with E-state index < -0.39 is 0 Å². The lowest BCUT2D eigenvalue weighted by atomic mass is 10.2. The average molecular weight is 392 g/mol. The molecule has 0 spiro atoms. The van der Waals surface area contributed by atoms with Gasteiger partial charge in [0.05, 0.1) is 22.4 Å². The van der Waals surface area contributed by atoms with Gasteiger partial charge in [-0.1, -0.05) is 41.2 Å². The molecule has 0 fully saturated rings. The standard InChI is InChI=1S/C19H12N4O2S2/c1-2-6-13-12(5-1)19(22-17(20-13)14-7-3-9-24-14)27-11-16-21-18(23-25-16)15-8-4-10-26-15/h1-10H,11H2. The maximum Gasteiger partial charge on any atom is 0.237 e. The second-order valence-electron chi connectivity index (χ2n) is 5.62. The number of thioether (sulfide) groups is 1. The average Bonchev–Trinajstić information content (AvgIpc) is 3.48. The Morgan fingerprint density at radius 3 is 2.74 bits per heavy atom. The van der Waals surface area contributed by atoms with Gasteiger partial charge in [0, 0.05) is 5.39 Å². The second-order valence-corrected chi connectivity index (χ2v) is 7.54. The molecule has 8 heteroatoms. The van der Waals surface area contributed by atoms with Crippen LogP contribution in [0, 0.1) is 0 Å². The van der Waals surface area contributed by atoms with Gasteiger partial charge < -0.3 is 8.94 Å². The Morgan fingerprint density at radius 2 is 1.89 bits per heavy atom. The first-order valence-corrected chi connectivity index (χ1v) is 10.0. The number of hydrogen-bond acceptors (Lipinski definition) is 8. The first-order valence-electron chi connectivity index (χ1n) is 8.17. The maximum atomic E-state index is 5.46. The van der Waals surface area contributed by atoms with Crippen molar-refractivity contribution < 1.29 is 8.94 Å². The van der Waals surface area contributed by atoms with Gasteiger partial charge >= 0.3 is 0 Å². The Kier molecular flexibility index (Phi) is 4.19. The molecule has 0 unspecified atom stereocenters. The van der Waals surface area contributed by atoms with Gasteiger partial charge in [-0.25, -0.2) is 9.97 Å². The minimum absolute atomic E-state index is 0.525. The molecule has 5 aromatic rings. The Labute approximate surface area is 162 Å². The molecule has 0 saturated heterocycles. The van der Waals surface area contributed by atoms with Gasteiger partial charge in [0.2, 0.25) is 11.7 Å². The molecule has 27 heavy (non-hydrogen) atoms. The fourth-order valence-corrected chi connectivity index (χ4v) is 4.13. The van der Waals surface area contributed by atoms with Crippen molar-refractivity contribution in [3.8, 4) is 22.3 Å². The van der Waals surface area contributed by atoms with Crippen molar-refractivity contribution in [1.29, 1.82) is 0 Å². The van der Waals surface area contributed by atoms with Crippen molar-refractivity contribution in [2.24, 2.45) is 0 Å². The van der Waals surface area contributed by atoms with Crippen LogP contribution >= 0.6 is 23.1 Å². The summed E-state index contributed by atoms with van der Waals surface area (Å²) in [7, 11) is 0. The molecule has 0 aliphatic heterocycles. The van der Waals surface area contributed by atoms with Crippen molar-refractivity contribution in [2.45, 2.75) is 10.8 Å². The molecule has 0 saturated carbocycles. The van der Waals surface area contributed by atoms with Gasteiger partial charge in [-0.2, -0.15) is 4.98 Å². The van der Waals surface area contributed by atoms with Gasteiger partial charge in [0.15, 0.2) is 11.6 Å². The van der Waals surface area contributed by atoms with Gasteiger partial charge in [-0.15, -0.1) is 11.3 Å². The molecule has 0 radical (unpaired) electrons. The van der Waals surface area contributed by atoms with Crippen molar-refractivity contribution >= 4 is 34.0 Å². The summed E-state index contributed by atoms with van der Waals surface area (Å²) in [4.78, 5) is 14.7. The summed E-state index contributed by atoms with van der Waals surface area (Å²) in [5.74, 6) is 2.90. The Hall–Kier alpha value is -2.97. The second kappa shape index (κ2) is 6.98. The molecule has 0 bridgehead atoms. The highest BCUT2D eigenvalue weighted by Gasteiger charge is 2.14. The monoisotopic (exact) mass is 392 g/mol. The summed E-state index contributed by atoms with van der Waals surface area (Å²) in [5.41, 5.74) is 0.867. The van der Waals surface area contributed by atoms with E-state index in [1.807, 2.05) is 53.9 Å². The van der Waals surface area contributed by atoms with Crippen LogP contribution in [0.4, 0.5) is 0 Å². The highest BCUT2D eigenvalue weighted by molar-refractivity contribution is 7.98. The van der Waals surface area contributed by atoms with E-state index in [2.05, 4.69) is 20.1 Å². The van der Waals surface area contributed by atoms with Crippen LogP contribution in [0.1, 0.15) is 5.89 Å². The summed E-state index contributed by atoms with van der Waals surface area (Å²) in [6.07, 6.45) is 1.62. The van der Waals surface area contributed by atoms with E-state index in [4.69, 9.17) is 8.94 Å². The molecule has 6 nitrogen and oxygen atoms in total. The Morgan fingerprint density at radius 1 is 0.926 bits per heavy atom. The van der Waals surface area contributed by atoms with E-state index in [1.54, 1.807) is 17.6 Å². The van der Waals surface area contributed by atoms with Crippen molar-refractivity contribution in [1.82, 2.24) is 20.1 Å². The number of benzene rings is 1. The molecule has 0 aliphatic carbocycles. The number of nitrogens with zero attached hydrogens (tertiary/aromatic N) is 4. The molecular formula is C19H12N4O2S2. The molecule has 4 heterocycles. The van der Waals surface area contributed by atoms with Crippen molar-refractivity contribution in [2.75, 3.05) is 0 Å². The van der Waals surface area contributed by atoms with Crippen LogP contribution < -0.4 is 0 Å². The molecule has 0 aliphatic rings. The zero-order valence-corrected chi connectivity index (χ0v) is 15.5. The number of thiophene rings is 1. The fraction of sp³-hybridized carbons (Fsp3) is 0.0526. The van der Waals surface area contributed by atoms with E-state index in [1.165, 1.54) is 11.8 Å². The predicted octanol–water partition coefficient (Wildman–Crippen LogP) is 5.29. The number of fused-ring (bicyclic) bond motifs is 1. The van der Waals surface area contributed by atoms with E-state index in [-0.39, 0.29) is 0 Å². The van der Waals surface area contributed by atoms with Crippen LogP contribution in [0.15, 0.2) is 74.1 Å². The highest BCUT2D eigenvalue weighted by Crippen LogP contribution is 2.31. The normalized spacial score (nSPS) is 11.3. The van der Waals surface area contributed by atoms with Gasteiger partial charge in [0.1, 0.15) is 5.03 Å². The maximum absolute atomic E-state index is 5.46.